The van der Waals surface area contributed by atoms with Crippen LogP contribution in [0, 0.1) is 0 Å². The molecule has 0 bridgehead atoms. The Morgan fingerprint density at radius 3 is 2.76 bits per heavy atom. The maximum Gasteiger partial charge on any atom is 0.193 e. The molecule has 1 aromatic carbocycles. The van der Waals surface area contributed by atoms with Crippen LogP contribution in [0.3, 0.4) is 0 Å². The van der Waals surface area contributed by atoms with Gasteiger partial charge in [0.05, 0.1) is 5.69 Å². The van der Waals surface area contributed by atoms with Crippen LogP contribution in [0.25, 0.3) is 4.96 Å². The molecule has 0 radical (unpaired) electrons. The molecule has 110 valence electrons. The summed E-state index contributed by atoms with van der Waals surface area (Å²) in [6, 6.07) is 10.8. The Labute approximate surface area is 129 Å². The topological polar surface area (TPSA) is 29.3 Å². The van der Waals surface area contributed by atoms with Crippen molar-refractivity contribution >= 4 is 16.3 Å². The van der Waals surface area contributed by atoms with Crippen LogP contribution in [0.5, 0.6) is 0 Å². The number of nitrogens with zero attached hydrogens (tertiary/aromatic N) is 2. The fraction of sp³-hybridized carbons (Fsp3) is 0.353. The summed E-state index contributed by atoms with van der Waals surface area (Å²) in [4.78, 5) is 5.84. The highest BCUT2D eigenvalue weighted by Gasteiger charge is 2.31. The van der Waals surface area contributed by atoms with E-state index in [1.807, 2.05) is 7.05 Å². The number of nitrogens with one attached hydrogen (secondary N) is 1. The van der Waals surface area contributed by atoms with Gasteiger partial charge in [0.25, 0.3) is 0 Å². The van der Waals surface area contributed by atoms with E-state index in [1.165, 1.54) is 11.3 Å². The molecule has 4 heteroatoms. The van der Waals surface area contributed by atoms with Gasteiger partial charge in [-0.15, -0.1) is 11.3 Å². The number of likely N-dealkylation sites (N-methyl/N-ethyl adjacent to an activating group) is 1. The first-order chi connectivity index (χ1) is 10.3. The number of fused-ring (bicyclic) bond motifs is 1. The van der Waals surface area contributed by atoms with Crippen molar-refractivity contribution in [3.63, 3.8) is 0 Å². The van der Waals surface area contributed by atoms with E-state index in [0.29, 0.717) is 0 Å². The number of aromatic nitrogens is 2. The zero-order valence-corrected chi connectivity index (χ0v) is 13.4. The molecule has 0 spiro atoms. The van der Waals surface area contributed by atoms with Crippen molar-refractivity contribution in [3.05, 3.63) is 59.4 Å². The van der Waals surface area contributed by atoms with Crippen LogP contribution in [0.15, 0.2) is 48.1 Å². The Morgan fingerprint density at radius 1 is 1.29 bits per heavy atom. The Hall–Kier alpha value is -1.65. The van der Waals surface area contributed by atoms with Gasteiger partial charge in [-0.3, -0.25) is 4.40 Å². The van der Waals surface area contributed by atoms with E-state index >= 15 is 0 Å². The third kappa shape index (κ3) is 2.74. The average Bonchev–Trinajstić information content (AvgIpc) is 3.08. The lowest BCUT2D eigenvalue weighted by Crippen LogP contribution is -2.38. The van der Waals surface area contributed by atoms with Crippen molar-refractivity contribution in [2.24, 2.45) is 0 Å². The maximum atomic E-state index is 4.77. The van der Waals surface area contributed by atoms with E-state index in [4.69, 9.17) is 4.98 Å². The molecule has 1 N–H and O–H groups in total. The van der Waals surface area contributed by atoms with Crippen LogP contribution in [0.4, 0.5) is 0 Å². The first kappa shape index (κ1) is 14.3. The monoisotopic (exact) mass is 299 g/mol. The highest BCUT2D eigenvalue weighted by molar-refractivity contribution is 7.15. The molecular formula is C17H21N3S. The molecule has 0 amide bonds. The normalized spacial score (nSPS) is 14.4. The van der Waals surface area contributed by atoms with E-state index < -0.39 is 0 Å². The summed E-state index contributed by atoms with van der Waals surface area (Å²) >= 11 is 1.69. The fourth-order valence-corrected chi connectivity index (χ4v) is 3.78. The van der Waals surface area contributed by atoms with Gasteiger partial charge in [0.1, 0.15) is 0 Å². The second kappa shape index (κ2) is 6.00. The van der Waals surface area contributed by atoms with E-state index in [-0.39, 0.29) is 5.41 Å². The third-order valence-electron chi connectivity index (χ3n) is 4.24. The third-order valence-corrected chi connectivity index (χ3v) is 5.01. The van der Waals surface area contributed by atoms with Gasteiger partial charge < -0.3 is 5.32 Å². The van der Waals surface area contributed by atoms with Crippen molar-refractivity contribution in [2.75, 3.05) is 13.6 Å². The summed E-state index contributed by atoms with van der Waals surface area (Å²) in [5.41, 5.74) is 2.65. The standard InChI is InChI=1S/C17H21N3S/c1-3-17(13-18-2,14-7-5-4-6-8-14)11-15-12-20-9-10-21-16(20)19-15/h4-10,12,18H,3,11,13H2,1-2H3. The number of hydrogen-bond donors (Lipinski definition) is 1. The minimum Gasteiger partial charge on any atom is -0.319 e. The average molecular weight is 299 g/mol. The van der Waals surface area contributed by atoms with E-state index in [9.17, 15) is 0 Å². The molecule has 0 aliphatic rings. The summed E-state index contributed by atoms with van der Waals surface area (Å²) in [7, 11) is 2.03. The SMILES string of the molecule is CCC(CNC)(Cc1cn2ccsc2n1)c1ccccc1. The van der Waals surface area contributed by atoms with Crippen LogP contribution >= 0.6 is 11.3 Å². The van der Waals surface area contributed by atoms with Gasteiger partial charge in [-0.25, -0.2) is 4.98 Å². The van der Waals surface area contributed by atoms with Crippen molar-refractivity contribution in [1.82, 2.24) is 14.7 Å². The molecule has 2 aromatic heterocycles. The molecular weight excluding hydrogens is 278 g/mol. The minimum absolute atomic E-state index is 0.0973. The molecule has 21 heavy (non-hydrogen) atoms. The van der Waals surface area contributed by atoms with Crippen molar-refractivity contribution in [2.45, 2.75) is 25.2 Å². The van der Waals surface area contributed by atoms with Crippen LogP contribution in [-0.4, -0.2) is 23.0 Å². The smallest absolute Gasteiger partial charge is 0.193 e. The molecule has 3 nitrogen and oxygen atoms in total. The van der Waals surface area contributed by atoms with Gasteiger partial charge in [-0.2, -0.15) is 0 Å². The Bertz CT molecular complexity index is 672. The molecule has 0 aliphatic heterocycles. The van der Waals surface area contributed by atoms with Crippen LogP contribution in [-0.2, 0) is 11.8 Å². The largest absolute Gasteiger partial charge is 0.319 e. The lowest BCUT2D eigenvalue weighted by atomic mass is 9.74. The summed E-state index contributed by atoms with van der Waals surface area (Å²) in [6.45, 7) is 3.22. The van der Waals surface area contributed by atoms with Gasteiger partial charge >= 0.3 is 0 Å². The maximum absolute atomic E-state index is 4.77. The van der Waals surface area contributed by atoms with Crippen molar-refractivity contribution in [1.29, 1.82) is 0 Å². The predicted molar refractivity (Wildman–Crippen MR) is 89.1 cm³/mol. The molecule has 3 aromatic rings. The first-order valence-corrected chi connectivity index (χ1v) is 8.26. The fourth-order valence-electron chi connectivity index (χ4n) is 3.06. The van der Waals surface area contributed by atoms with Gasteiger partial charge in [0.15, 0.2) is 4.96 Å². The zero-order chi connectivity index (χ0) is 14.7. The van der Waals surface area contributed by atoms with Crippen molar-refractivity contribution in [3.8, 4) is 0 Å². The van der Waals surface area contributed by atoms with E-state index in [0.717, 1.165) is 24.3 Å². The summed E-state index contributed by atoms with van der Waals surface area (Å²) in [6.07, 6.45) is 6.28. The summed E-state index contributed by atoms with van der Waals surface area (Å²) in [5, 5.41) is 5.45. The zero-order valence-electron chi connectivity index (χ0n) is 12.5. The Kier molecular flexibility index (Phi) is 4.08. The quantitative estimate of drug-likeness (QED) is 0.755. The van der Waals surface area contributed by atoms with Gasteiger partial charge in [-0.1, -0.05) is 37.3 Å². The number of thiazole rings is 1. The molecule has 3 rings (SSSR count). The van der Waals surface area contributed by atoms with E-state index in [2.05, 4.69) is 64.7 Å². The first-order valence-electron chi connectivity index (χ1n) is 7.38. The van der Waals surface area contributed by atoms with E-state index in [1.54, 1.807) is 11.3 Å². The number of imidazole rings is 1. The molecule has 0 saturated heterocycles. The van der Waals surface area contributed by atoms with Gasteiger partial charge in [0.2, 0.25) is 0 Å². The summed E-state index contributed by atoms with van der Waals surface area (Å²) < 4.78 is 2.12. The lowest BCUT2D eigenvalue weighted by molar-refractivity contribution is 0.388. The molecule has 0 saturated carbocycles. The van der Waals surface area contributed by atoms with Crippen molar-refractivity contribution < 1.29 is 0 Å². The molecule has 2 heterocycles. The van der Waals surface area contributed by atoms with Gasteiger partial charge in [0, 0.05) is 36.2 Å². The number of benzene rings is 1. The Balaban J connectivity index is 1.97. The number of hydrogen-bond acceptors (Lipinski definition) is 3. The summed E-state index contributed by atoms with van der Waals surface area (Å²) in [5.74, 6) is 0. The van der Waals surface area contributed by atoms with Crippen LogP contribution in [0.1, 0.15) is 24.6 Å². The second-order valence-electron chi connectivity index (χ2n) is 5.53. The molecule has 0 aliphatic carbocycles. The predicted octanol–water partition coefficient (Wildman–Crippen LogP) is 3.51. The molecule has 0 fully saturated rings. The highest BCUT2D eigenvalue weighted by atomic mass is 32.1. The lowest BCUT2D eigenvalue weighted by Gasteiger charge is -2.33. The highest BCUT2D eigenvalue weighted by Crippen LogP contribution is 2.31. The minimum atomic E-state index is 0.0973. The van der Waals surface area contributed by atoms with Gasteiger partial charge in [-0.05, 0) is 19.0 Å². The number of rotatable bonds is 6. The van der Waals surface area contributed by atoms with Crippen LogP contribution in [0.2, 0.25) is 0 Å². The Morgan fingerprint density at radius 2 is 2.10 bits per heavy atom. The molecule has 1 unspecified atom stereocenters. The van der Waals surface area contributed by atoms with Crippen LogP contribution < -0.4 is 5.32 Å². The molecule has 1 atom stereocenters. The second-order valence-corrected chi connectivity index (χ2v) is 6.41.